The first-order valence-corrected chi connectivity index (χ1v) is 12.7. The number of rotatable bonds is 19. The van der Waals surface area contributed by atoms with E-state index in [9.17, 15) is 14.3 Å². The Balaban J connectivity index is 0. The quantitative estimate of drug-likeness (QED) is 0.131. The van der Waals surface area contributed by atoms with Gasteiger partial charge in [0.1, 0.15) is 0 Å². The van der Waals surface area contributed by atoms with E-state index in [1.165, 1.54) is 25.7 Å². The van der Waals surface area contributed by atoms with E-state index in [1.54, 1.807) is 0 Å². The molecule has 1 unspecified atom stereocenters. The van der Waals surface area contributed by atoms with Crippen molar-refractivity contribution in [3.8, 4) is 0 Å². The van der Waals surface area contributed by atoms with E-state index < -0.39 is 7.82 Å². The van der Waals surface area contributed by atoms with Crippen molar-refractivity contribution in [3.05, 3.63) is 12.2 Å². The van der Waals surface area contributed by atoms with Crippen LogP contribution < -0.4 is 23.8 Å². The molecule has 0 aliphatic rings. The van der Waals surface area contributed by atoms with Gasteiger partial charge in [-0.2, -0.15) is 0 Å². The number of thioether (sulfide) groups is 1. The van der Waals surface area contributed by atoms with Crippen molar-refractivity contribution >= 4 is 24.7 Å². The molecule has 0 spiro atoms. The fraction of sp³-hybridized carbons (Fsp3) is 0.850. The van der Waals surface area contributed by atoms with E-state index in [4.69, 9.17) is 9.26 Å². The average Bonchev–Trinajstić information content (AvgIpc) is 2.68. The second-order valence-corrected chi connectivity index (χ2v) is 9.53. The average molecular weight is 445 g/mol. The Morgan fingerprint density at radius 1 is 1.07 bits per heavy atom. The van der Waals surface area contributed by atoms with Gasteiger partial charge in [0, 0.05) is 13.5 Å². The Hall–Kier alpha value is 0.427. The van der Waals surface area contributed by atoms with Crippen LogP contribution in [0.1, 0.15) is 78.1 Å². The first-order chi connectivity index (χ1) is 13.4. The normalized spacial score (nSPS) is 14.5. The van der Waals surface area contributed by atoms with Crippen LogP contribution in [-0.4, -0.2) is 37.3 Å². The smallest absolute Gasteiger partial charge is 0.756 e. The first kappa shape index (κ1) is 31.6. The number of phosphoric acid groups is 1. The van der Waals surface area contributed by atoms with E-state index in [1.807, 2.05) is 6.08 Å². The van der Waals surface area contributed by atoms with Gasteiger partial charge in [-0.15, -0.1) is 0 Å². The van der Waals surface area contributed by atoms with Crippen LogP contribution in [0.5, 0.6) is 0 Å². The molecule has 0 N–H and O–H groups in total. The standard InChI is InChI=1S/C20H39O6PS.Li/c1-4-6-8-10-11-12-13-15-20(21)28-19(18-26-27(22,23)24-3)17-25-16-14-9-7-5-2;/h7,9,19H,4-6,8,10-18H2,1-3H3,(H,22,23);/q;+1/p-1/b9-7-;/t19-;/m1./s1. The van der Waals surface area contributed by atoms with E-state index in [0.717, 1.165) is 51.0 Å². The van der Waals surface area contributed by atoms with Crippen molar-refractivity contribution in [2.45, 2.75) is 83.3 Å². The zero-order valence-corrected chi connectivity index (χ0v) is 20.4. The van der Waals surface area contributed by atoms with Crippen molar-refractivity contribution in [3.63, 3.8) is 0 Å². The summed E-state index contributed by atoms with van der Waals surface area (Å²) in [7, 11) is -3.25. The Bertz CT molecular complexity index is 464. The Labute approximate surface area is 193 Å². The summed E-state index contributed by atoms with van der Waals surface area (Å²) in [5.74, 6) is 0. The minimum absolute atomic E-state index is 0. The summed E-state index contributed by atoms with van der Waals surface area (Å²) in [5, 5.41) is -0.320. The molecule has 0 heterocycles. The molecule has 0 fully saturated rings. The second kappa shape index (κ2) is 21.7. The predicted octanol–water partition coefficient (Wildman–Crippen LogP) is 2.26. The van der Waals surface area contributed by atoms with Crippen LogP contribution in [0.15, 0.2) is 12.2 Å². The molecule has 166 valence electrons. The number of allylic oxidation sites excluding steroid dienone is 1. The van der Waals surface area contributed by atoms with Crippen LogP contribution in [0.25, 0.3) is 0 Å². The molecule has 0 radical (unpaired) electrons. The number of carbonyl (C=O) groups excluding carboxylic acids is 1. The van der Waals surface area contributed by atoms with Crippen LogP contribution in [0, 0.1) is 0 Å². The van der Waals surface area contributed by atoms with Gasteiger partial charge in [-0.3, -0.25) is 9.36 Å². The van der Waals surface area contributed by atoms with Crippen molar-refractivity contribution in [1.29, 1.82) is 0 Å². The summed E-state index contributed by atoms with van der Waals surface area (Å²) in [6.45, 7) is 4.91. The van der Waals surface area contributed by atoms with Crippen LogP contribution in [0.3, 0.4) is 0 Å². The third kappa shape index (κ3) is 21.4. The molecular formula is C20H38LiO6PS. The molecule has 0 aliphatic heterocycles. The third-order valence-corrected chi connectivity index (χ3v) is 6.04. The minimum Gasteiger partial charge on any atom is -0.756 e. The Morgan fingerprint density at radius 3 is 2.34 bits per heavy atom. The molecular weight excluding hydrogens is 406 g/mol. The maximum Gasteiger partial charge on any atom is 1.00 e. The van der Waals surface area contributed by atoms with Gasteiger partial charge in [0.05, 0.1) is 25.1 Å². The van der Waals surface area contributed by atoms with Gasteiger partial charge in [0.2, 0.25) is 0 Å². The molecule has 0 amide bonds. The topological polar surface area (TPSA) is 84.9 Å². The van der Waals surface area contributed by atoms with E-state index in [2.05, 4.69) is 24.4 Å². The number of ether oxygens (including phenoxy) is 1. The Morgan fingerprint density at radius 2 is 1.72 bits per heavy atom. The van der Waals surface area contributed by atoms with Crippen LogP contribution >= 0.6 is 19.6 Å². The van der Waals surface area contributed by atoms with Gasteiger partial charge >= 0.3 is 18.9 Å². The maximum atomic E-state index is 12.2. The van der Waals surface area contributed by atoms with Crippen molar-refractivity contribution < 1.29 is 46.9 Å². The maximum absolute atomic E-state index is 12.2. The minimum atomic E-state index is -4.31. The number of unbranched alkanes of at least 4 members (excludes halogenated alkanes) is 6. The molecule has 9 heteroatoms. The molecule has 6 nitrogen and oxygen atoms in total. The van der Waals surface area contributed by atoms with Crippen LogP contribution in [0.4, 0.5) is 0 Å². The third-order valence-electron chi connectivity index (χ3n) is 4.06. The van der Waals surface area contributed by atoms with Crippen molar-refractivity contribution in [2.75, 3.05) is 26.9 Å². The summed E-state index contributed by atoms with van der Waals surface area (Å²) >= 11 is 1.11. The van der Waals surface area contributed by atoms with Gasteiger partial charge in [-0.05, 0) is 19.3 Å². The molecule has 0 rings (SSSR count). The van der Waals surface area contributed by atoms with E-state index in [0.29, 0.717) is 13.0 Å². The molecule has 29 heavy (non-hydrogen) atoms. The SMILES string of the molecule is CC/C=C\CCOC[C@H](COP(=O)([O-])OC)SC(=O)CCCCCCCCC.[Li+]. The molecule has 0 aliphatic carbocycles. The fourth-order valence-corrected chi connectivity index (χ4v) is 3.97. The van der Waals surface area contributed by atoms with Crippen LogP contribution in [-0.2, 0) is 23.1 Å². The van der Waals surface area contributed by atoms with Gasteiger partial charge in [-0.25, -0.2) is 0 Å². The molecule has 0 bridgehead atoms. The van der Waals surface area contributed by atoms with E-state index in [-0.39, 0.29) is 42.4 Å². The molecule has 2 atom stereocenters. The molecule has 0 aromatic rings. The number of hydrogen-bond donors (Lipinski definition) is 0. The number of carbonyl (C=O) groups is 1. The Kier molecular flexibility index (Phi) is 23.6. The van der Waals surface area contributed by atoms with Gasteiger partial charge in [-0.1, -0.05) is 76.3 Å². The number of hydrogen-bond acceptors (Lipinski definition) is 7. The van der Waals surface area contributed by atoms with Gasteiger partial charge < -0.3 is 18.7 Å². The summed E-state index contributed by atoms with van der Waals surface area (Å²) in [6.07, 6.45) is 14.4. The van der Waals surface area contributed by atoms with E-state index >= 15 is 0 Å². The summed E-state index contributed by atoms with van der Waals surface area (Å²) < 4.78 is 26.1. The predicted molar refractivity (Wildman–Crippen MR) is 114 cm³/mol. The summed E-state index contributed by atoms with van der Waals surface area (Å²) in [4.78, 5) is 23.6. The first-order valence-electron chi connectivity index (χ1n) is 10.4. The monoisotopic (exact) mass is 444 g/mol. The molecule has 0 aromatic heterocycles. The number of phosphoric ester groups is 1. The molecule has 0 saturated carbocycles. The van der Waals surface area contributed by atoms with Crippen LogP contribution in [0.2, 0.25) is 0 Å². The molecule has 0 saturated heterocycles. The zero-order valence-electron chi connectivity index (χ0n) is 18.7. The second-order valence-electron chi connectivity index (χ2n) is 6.65. The van der Waals surface area contributed by atoms with Crippen molar-refractivity contribution in [1.82, 2.24) is 0 Å². The largest absolute Gasteiger partial charge is 1.00 e. The summed E-state index contributed by atoms with van der Waals surface area (Å²) in [6, 6.07) is 0. The molecule has 0 aromatic carbocycles. The van der Waals surface area contributed by atoms with Gasteiger partial charge in [0.15, 0.2) is 5.12 Å². The summed E-state index contributed by atoms with van der Waals surface area (Å²) in [5.41, 5.74) is 0. The zero-order chi connectivity index (χ0) is 21.1. The fourth-order valence-electron chi connectivity index (χ4n) is 2.47. The van der Waals surface area contributed by atoms with Crippen molar-refractivity contribution in [2.24, 2.45) is 0 Å². The van der Waals surface area contributed by atoms with Gasteiger partial charge in [0.25, 0.3) is 7.82 Å².